The smallest absolute Gasteiger partial charge is 0.00750 e. The first-order valence-electron chi connectivity index (χ1n) is 4.57. The topological polar surface area (TPSA) is 0 Å². The van der Waals surface area contributed by atoms with Crippen molar-refractivity contribution in [3.8, 4) is 0 Å². The Balaban J connectivity index is 2.82. The van der Waals surface area contributed by atoms with Gasteiger partial charge in [0.2, 0.25) is 0 Å². The molecule has 1 aromatic carbocycles. The Bertz CT molecular complexity index is 221. The summed E-state index contributed by atoms with van der Waals surface area (Å²) in [6.45, 7) is 8.63. The predicted molar refractivity (Wildman–Crippen MR) is 54.1 cm³/mol. The molecule has 0 aliphatic heterocycles. The van der Waals surface area contributed by atoms with Crippen LogP contribution < -0.4 is 0 Å². The summed E-state index contributed by atoms with van der Waals surface area (Å²) < 4.78 is 0. The van der Waals surface area contributed by atoms with E-state index in [1.165, 1.54) is 12.0 Å². The van der Waals surface area contributed by atoms with Crippen LogP contribution in [0.25, 0.3) is 0 Å². The first-order valence-corrected chi connectivity index (χ1v) is 4.57. The Morgan fingerprint density at radius 2 is 1.83 bits per heavy atom. The molecule has 0 fully saturated rings. The van der Waals surface area contributed by atoms with Gasteiger partial charge in [-0.2, -0.15) is 0 Å². The van der Waals surface area contributed by atoms with Gasteiger partial charge in [0, 0.05) is 0 Å². The van der Waals surface area contributed by atoms with Crippen LogP contribution in [0.15, 0.2) is 30.3 Å². The zero-order valence-electron chi connectivity index (χ0n) is 8.01. The highest BCUT2D eigenvalue weighted by molar-refractivity contribution is 5.25. The maximum atomic E-state index is 4.23. The van der Waals surface area contributed by atoms with Gasteiger partial charge in [0.15, 0.2) is 0 Å². The van der Waals surface area contributed by atoms with Crippen molar-refractivity contribution in [3.05, 3.63) is 42.8 Å². The van der Waals surface area contributed by atoms with Crippen molar-refractivity contribution in [2.75, 3.05) is 0 Å². The molecule has 1 unspecified atom stereocenters. The normalized spacial score (nSPS) is 11.6. The molecular formula is C12H17. The van der Waals surface area contributed by atoms with E-state index in [2.05, 4.69) is 45.0 Å². The van der Waals surface area contributed by atoms with Gasteiger partial charge in [0.1, 0.15) is 0 Å². The molecule has 0 bridgehead atoms. The molecule has 0 aromatic heterocycles. The van der Waals surface area contributed by atoms with Crippen LogP contribution in [-0.4, -0.2) is 0 Å². The third-order valence-electron chi connectivity index (χ3n) is 2.27. The molecule has 1 rings (SSSR count). The Hall–Kier alpha value is -0.780. The minimum atomic E-state index is 0.0933. The summed E-state index contributed by atoms with van der Waals surface area (Å²) in [5.74, 6) is 0. The molecular weight excluding hydrogens is 144 g/mol. The quantitative estimate of drug-likeness (QED) is 0.635. The molecule has 1 radical (unpaired) electrons. The van der Waals surface area contributed by atoms with Crippen LogP contribution in [0, 0.1) is 6.92 Å². The second-order valence-electron chi connectivity index (χ2n) is 3.68. The van der Waals surface area contributed by atoms with E-state index in [1.54, 1.807) is 0 Å². The van der Waals surface area contributed by atoms with E-state index in [9.17, 15) is 0 Å². The van der Waals surface area contributed by atoms with Crippen LogP contribution in [0.5, 0.6) is 0 Å². The second-order valence-corrected chi connectivity index (χ2v) is 3.68. The molecule has 0 nitrogen and oxygen atoms in total. The summed E-state index contributed by atoms with van der Waals surface area (Å²) in [5.41, 5.74) is 1.43. The fourth-order valence-electron chi connectivity index (χ4n) is 1.54. The monoisotopic (exact) mass is 161 g/mol. The van der Waals surface area contributed by atoms with Crippen molar-refractivity contribution >= 4 is 0 Å². The van der Waals surface area contributed by atoms with Crippen molar-refractivity contribution in [1.82, 2.24) is 0 Å². The van der Waals surface area contributed by atoms with Crippen molar-refractivity contribution in [3.63, 3.8) is 0 Å². The molecule has 0 aliphatic carbocycles. The van der Waals surface area contributed by atoms with Gasteiger partial charge in [0.05, 0.1) is 0 Å². The van der Waals surface area contributed by atoms with E-state index in [0.717, 1.165) is 6.42 Å². The highest BCUT2D eigenvalue weighted by Gasteiger charge is 2.18. The average molecular weight is 161 g/mol. The number of rotatable bonds is 3. The molecule has 0 heterocycles. The molecule has 65 valence electrons. The number of hydrogen-bond acceptors (Lipinski definition) is 0. The highest BCUT2D eigenvalue weighted by atomic mass is 14.2. The molecule has 1 atom stereocenters. The third-order valence-corrected chi connectivity index (χ3v) is 2.27. The van der Waals surface area contributed by atoms with Gasteiger partial charge in [-0.25, -0.2) is 0 Å². The van der Waals surface area contributed by atoms with E-state index in [4.69, 9.17) is 0 Å². The predicted octanol–water partition coefficient (Wildman–Crippen LogP) is 3.58. The SMILES string of the molecule is [CH2]C(C)(CCC)c1ccccc1. The van der Waals surface area contributed by atoms with Crippen LogP contribution in [0.4, 0.5) is 0 Å². The molecule has 0 N–H and O–H groups in total. The van der Waals surface area contributed by atoms with Crippen molar-refractivity contribution in [2.45, 2.75) is 32.1 Å². The maximum absolute atomic E-state index is 4.23. The summed E-state index contributed by atoms with van der Waals surface area (Å²) in [6, 6.07) is 10.5. The zero-order chi connectivity index (χ0) is 9.03. The Morgan fingerprint density at radius 1 is 1.25 bits per heavy atom. The fraction of sp³-hybridized carbons (Fsp3) is 0.417. The Labute approximate surface area is 75.6 Å². The van der Waals surface area contributed by atoms with Gasteiger partial charge < -0.3 is 0 Å². The van der Waals surface area contributed by atoms with Gasteiger partial charge in [-0.3, -0.25) is 0 Å². The van der Waals surface area contributed by atoms with Gasteiger partial charge >= 0.3 is 0 Å². The summed E-state index contributed by atoms with van der Waals surface area (Å²) >= 11 is 0. The first kappa shape index (κ1) is 9.31. The van der Waals surface area contributed by atoms with Gasteiger partial charge in [-0.05, 0) is 24.3 Å². The lowest BCUT2D eigenvalue weighted by molar-refractivity contribution is 0.527. The molecule has 0 heteroatoms. The van der Waals surface area contributed by atoms with Crippen molar-refractivity contribution in [2.24, 2.45) is 0 Å². The lowest BCUT2D eigenvalue weighted by Gasteiger charge is -2.24. The van der Waals surface area contributed by atoms with Crippen LogP contribution in [0.2, 0.25) is 0 Å². The van der Waals surface area contributed by atoms with Crippen LogP contribution >= 0.6 is 0 Å². The molecule has 0 saturated heterocycles. The van der Waals surface area contributed by atoms with E-state index >= 15 is 0 Å². The molecule has 0 amide bonds. The number of benzene rings is 1. The molecule has 0 spiro atoms. The summed E-state index contributed by atoms with van der Waals surface area (Å²) in [6.07, 6.45) is 2.34. The van der Waals surface area contributed by atoms with Crippen LogP contribution in [0.3, 0.4) is 0 Å². The Morgan fingerprint density at radius 3 is 2.33 bits per heavy atom. The second kappa shape index (κ2) is 3.75. The van der Waals surface area contributed by atoms with E-state index in [-0.39, 0.29) is 5.41 Å². The average Bonchev–Trinajstić information content (AvgIpc) is 2.06. The van der Waals surface area contributed by atoms with E-state index < -0.39 is 0 Å². The minimum absolute atomic E-state index is 0.0933. The Kier molecular flexibility index (Phi) is 2.91. The van der Waals surface area contributed by atoms with Gasteiger partial charge in [-0.15, -0.1) is 0 Å². The molecule has 1 aromatic rings. The fourth-order valence-corrected chi connectivity index (χ4v) is 1.54. The van der Waals surface area contributed by atoms with E-state index in [0.29, 0.717) is 0 Å². The summed E-state index contributed by atoms with van der Waals surface area (Å²) in [5, 5.41) is 0. The van der Waals surface area contributed by atoms with Crippen molar-refractivity contribution in [1.29, 1.82) is 0 Å². The van der Waals surface area contributed by atoms with Gasteiger partial charge in [0.25, 0.3) is 0 Å². The zero-order valence-corrected chi connectivity index (χ0v) is 8.01. The molecule has 0 saturated carbocycles. The largest absolute Gasteiger partial charge is 0.0654 e. The van der Waals surface area contributed by atoms with Gasteiger partial charge in [-0.1, -0.05) is 50.6 Å². The van der Waals surface area contributed by atoms with Crippen LogP contribution in [-0.2, 0) is 5.41 Å². The van der Waals surface area contributed by atoms with Crippen molar-refractivity contribution < 1.29 is 0 Å². The molecule has 12 heavy (non-hydrogen) atoms. The highest BCUT2D eigenvalue weighted by Crippen LogP contribution is 2.27. The minimum Gasteiger partial charge on any atom is -0.0654 e. The lowest BCUT2D eigenvalue weighted by atomic mass is 9.81. The number of hydrogen-bond donors (Lipinski definition) is 0. The van der Waals surface area contributed by atoms with E-state index in [1.807, 2.05) is 6.07 Å². The lowest BCUT2D eigenvalue weighted by Crippen LogP contribution is -2.16. The first-order chi connectivity index (χ1) is 5.67. The summed E-state index contributed by atoms with van der Waals surface area (Å²) in [4.78, 5) is 0. The summed E-state index contributed by atoms with van der Waals surface area (Å²) in [7, 11) is 0. The van der Waals surface area contributed by atoms with Crippen LogP contribution in [0.1, 0.15) is 32.3 Å². The standard InChI is InChI=1S/C12H17/c1-4-10-12(2,3)11-8-6-5-7-9-11/h5-9H,2,4,10H2,1,3H3. The molecule has 0 aliphatic rings. The maximum Gasteiger partial charge on any atom is -0.00750 e. The third kappa shape index (κ3) is 2.10.